The summed E-state index contributed by atoms with van der Waals surface area (Å²) in [6.45, 7) is 5.53. The standard InChI is InChI=1S/C45H83N3O21/c1-31(53)46-34(26-45(63,27-52)16-19-51)41(60)67-23-11-5-8-20-64-28-44(4,29-65-21-9-6-12-24-68-42(61)37(47-32(2)54)39(58)35(56)14-17-49)30-66-22-10-7-13-25-69-43(62)38(48-33(3)55)40(59)36(57)15-18-50/h26,35-36,41-43,49-52,56-63H,5-25,27-30H2,1-4H3,(H,46,53)(H,47,54)(H,48,55)/b34-26+,39-37+,40-38+/t35-,36-,41-,42-,43-,45?/m0/s1. The Morgan fingerprint density at radius 1 is 0.522 bits per heavy atom. The zero-order chi connectivity index (χ0) is 52.3. The van der Waals surface area contributed by atoms with Gasteiger partial charge in [-0.1, -0.05) is 6.92 Å². The van der Waals surface area contributed by atoms with Gasteiger partial charge >= 0.3 is 0 Å². The minimum absolute atomic E-state index is 0.0519. The fraction of sp³-hybridized carbons (Fsp3) is 0.800. The molecule has 0 saturated heterocycles. The normalized spacial score (nSPS) is 16.1. The third-order valence-corrected chi connectivity index (χ3v) is 9.91. The third-order valence-electron chi connectivity index (χ3n) is 9.91. The summed E-state index contributed by atoms with van der Waals surface area (Å²) >= 11 is 0. The molecule has 0 aliphatic heterocycles. The SMILES string of the molecule is CC(=O)N/C(=C/C(O)(CO)CCO)[C@@H](O)OCCCCCOCC(C)(COCCCCCO[C@H](O)/C(NC(C)=O)=C(\O)[C@@H](O)CCO)COCCCCCO[C@H](O)/C(NC(C)=O)=C(\O)[C@@H](O)CCO. The lowest BCUT2D eigenvalue weighted by molar-refractivity contribution is -0.122. The number of amides is 3. The summed E-state index contributed by atoms with van der Waals surface area (Å²) < 4.78 is 34.2. The summed E-state index contributed by atoms with van der Waals surface area (Å²) in [5, 5.41) is 126. The van der Waals surface area contributed by atoms with Gasteiger partial charge in [0.2, 0.25) is 17.7 Å². The monoisotopic (exact) mass is 1000 g/mol. The van der Waals surface area contributed by atoms with Crippen LogP contribution >= 0.6 is 0 Å². The summed E-state index contributed by atoms with van der Waals surface area (Å²) in [4.78, 5) is 34.8. The van der Waals surface area contributed by atoms with Crippen LogP contribution in [0, 0.1) is 5.41 Å². The maximum absolute atomic E-state index is 11.7. The second kappa shape index (κ2) is 38.3. The first-order chi connectivity index (χ1) is 32.7. The number of rotatable bonds is 43. The van der Waals surface area contributed by atoms with Gasteiger partial charge in [0.05, 0.1) is 51.9 Å². The van der Waals surface area contributed by atoms with Crippen LogP contribution in [0.1, 0.15) is 105 Å². The Morgan fingerprint density at radius 2 is 0.870 bits per heavy atom. The highest BCUT2D eigenvalue weighted by Crippen LogP contribution is 2.21. The van der Waals surface area contributed by atoms with Crippen LogP contribution in [-0.2, 0) is 42.8 Å². The molecule has 0 fully saturated rings. The van der Waals surface area contributed by atoms with Crippen molar-refractivity contribution in [1.29, 1.82) is 0 Å². The summed E-state index contributed by atoms with van der Waals surface area (Å²) in [7, 11) is 0. The van der Waals surface area contributed by atoms with Crippen molar-refractivity contribution in [2.75, 3.05) is 85.9 Å². The molecular formula is C45H83N3O21. The van der Waals surface area contributed by atoms with E-state index in [1.807, 2.05) is 6.92 Å². The van der Waals surface area contributed by atoms with Crippen LogP contribution in [0.3, 0.4) is 0 Å². The van der Waals surface area contributed by atoms with Crippen molar-refractivity contribution in [2.24, 2.45) is 5.41 Å². The van der Waals surface area contributed by atoms with Gasteiger partial charge in [-0.15, -0.1) is 0 Å². The minimum atomic E-state index is -1.88. The highest BCUT2D eigenvalue weighted by atomic mass is 16.6. The van der Waals surface area contributed by atoms with E-state index in [4.69, 9.17) is 38.6 Å². The van der Waals surface area contributed by atoms with Gasteiger partial charge in [0.1, 0.15) is 40.7 Å². The molecule has 0 aromatic heterocycles. The molecule has 0 rings (SSSR count). The Kier molecular flexibility index (Phi) is 36.4. The van der Waals surface area contributed by atoms with E-state index in [9.17, 15) is 65.4 Å². The van der Waals surface area contributed by atoms with Crippen LogP contribution in [0.4, 0.5) is 0 Å². The average Bonchev–Trinajstić information content (AvgIpc) is 3.29. The Balaban J connectivity index is 5.21. The van der Waals surface area contributed by atoms with Gasteiger partial charge < -0.3 is 106 Å². The zero-order valence-corrected chi connectivity index (χ0v) is 40.7. The number of carbonyl (C=O) groups excluding carboxylic acids is 3. The van der Waals surface area contributed by atoms with E-state index in [1.165, 1.54) is 6.92 Å². The Labute approximate surface area is 404 Å². The summed E-state index contributed by atoms with van der Waals surface area (Å²) in [6.07, 6.45) is -2.46. The molecule has 3 amide bonds. The predicted octanol–water partition coefficient (Wildman–Crippen LogP) is -1.02. The predicted molar refractivity (Wildman–Crippen MR) is 246 cm³/mol. The molecule has 0 aliphatic rings. The van der Waals surface area contributed by atoms with Crippen molar-refractivity contribution in [3.8, 4) is 0 Å². The number of carbonyl (C=O) groups is 3. The number of hydrogen-bond acceptors (Lipinski definition) is 21. The van der Waals surface area contributed by atoms with E-state index < -0.39 is 109 Å². The molecule has 24 nitrogen and oxygen atoms in total. The average molecular weight is 1000 g/mol. The molecule has 0 saturated carbocycles. The number of aliphatic hydroxyl groups is 12. The van der Waals surface area contributed by atoms with Gasteiger partial charge in [-0.25, -0.2) is 0 Å². The van der Waals surface area contributed by atoms with E-state index in [0.29, 0.717) is 77.6 Å². The molecule has 69 heavy (non-hydrogen) atoms. The third kappa shape index (κ3) is 30.8. The quantitative estimate of drug-likeness (QED) is 0.0197. The molecule has 0 radical (unpaired) electrons. The minimum Gasteiger partial charge on any atom is -0.508 e. The smallest absolute Gasteiger partial charge is 0.221 e. The van der Waals surface area contributed by atoms with E-state index in [0.717, 1.165) is 19.9 Å². The highest BCUT2D eigenvalue weighted by Gasteiger charge is 2.28. The van der Waals surface area contributed by atoms with Crippen LogP contribution in [-0.4, -0.2) is 202 Å². The second-order valence-corrected chi connectivity index (χ2v) is 16.9. The van der Waals surface area contributed by atoms with Crippen molar-refractivity contribution in [3.63, 3.8) is 0 Å². The zero-order valence-electron chi connectivity index (χ0n) is 40.7. The van der Waals surface area contributed by atoms with Gasteiger partial charge in [0, 0.05) is 85.1 Å². The Bertz CT molecular complexity index is 1450. The van der Waals surface area contributed by atoms with Crippen LogP contribution in [0.5, 0.6) is 0 Å². The first kappa shape index (κ1) is 65.6. The van der Waals surface area contributed by atoms with Gasteiger partial charge in [0.15, 0.2) is 18.9 Å². The van der Waals surface area contributed by atoms with E-state index in [-0.39, 0.29) is 64.6 Å². The fourth-order valence-electron chi connectivity index (χ4n) is 6.18. The van der Waals surface area contributed by atoms with E-state index in [1.54, 1.807) is 0 Å². The number of hydrogen-bond donors (Lipinski definition) is 15. The summed E-state index contributed by atoms with van der Waals surface area (Å²) in [5.41, 5.74) is -3.45. The molecule has 15 N–H and O–H groups in total. The van der Waals surface area contributed by atoms with Crippen LogP contribution in [0.15, 0.2) is 34.7 Å². The molecule has 24 heteroatoms. The maximum atomic E-state index is 11.7. The lowest BCUT2D eigenvalue weighted by Crippen LogP contribution is -2.37. The van der Waals surface area contributed by atoms with Gasteiger partial charge in [-0.05, 0) is 63.9 Å². The van der Waals surface area contributed by atoms with E-state index in [2.05, 4.69) is 16.0 Å². The molecule has 0 aliphatic carbocycles. The summed E-state index contributed by atoms with van der Waals surface area (Å²) in [5.74, 6) is -3.20. The first-order valence-electron chi connectivity index (χ1n) is 23.2. The molecular weight excluding hydrogens is 918 g/mol. The summed E-state index contributed by atoms with van der Waals surface area (Å²) in [6, 6.07) is 0. The molecule has 0 heterocycles. The largest absolute Gasteiger partial charge is 0.508 e. The van der Waals surface area contributed by atoms with E-state index >= 15 is 0 Å². The van der Waals surface area contributed by atoms with Crippen molar-refractivity contribution in [1.82, 2.24) is 16.0 Å². The molecule has 1 unspecified atom stereocenters. The molecule has 6 atom stereocenters. The Morgan fingerprint density at radius 3 is 1.19 bits per heavy atom. The lowest BCUT2D eigenvalue weighted by Gasteiger charge is -2.29. The van der Waals surface area contributed by atoms with Crippen LogP contribution < -0.4 is 16.0 Å². The van der Waals surface area contributed by atoms with Gasteiger partial charge in [-0.2, -0.15) is 0 Å². The number of unbranched alkanes of at least 4 members (excludes halogenated alkanes) is 6. The van der Waals surface area contributed by atoms with Crippen LogP contribution in [0.2, 0.25) is 0 Å². The van der Waals surface area contributed by atoms with Crippen molar-refractivity contribution < 1.29 is 104 Å². The topological polar surface area (TPSA) is 385 Å². The molecule has 404 valence electrons. The number of nitrogens with one attached hydrogen (secondary N) is 3. The number of ether oxygens (including phenoxy) is 6. The highest BCUT2D eigenvalue weighted by molar-refractivity contribution is 5.76. The van der Waals surface area contributed by atoms with Gasteiger partial charge in [-0.3, -0.25) is 14.4 Å². The van der Waals surface area contributed by atoms with Crippen molar-refractivity contribution in [3.05, 3.63) is 34.7 Å². The molecule has 0 spiro atoms. The second-order valence-electron chi connectivity index (χ2n) is 16.9. The lowest BCUT2D eigenvalue weighted by atomic mass is 9.94. The van der Waals surface area contributed by atoms with Crippen LogP contribution in [0.25, 0.3) is 0 Å². The molecule has 0 bridgehead atoms. The Hall–Kier alpha value is -3.41. The molecule has 0 aromatic rings. The molecule has 0 aromatic carbocycles. The number of aliphatic hydroxyl groups excluding tert-OH is 11. The van der Waals surface area contributed by atoms with Gasteiger partial charge in [0.25, 0.3) is 0 Å². The maximum Gasteiger partial charge on any atom is 0.221 e. The van der Waals surface area contributed by atoms with Crippen molar-refractivity contribution in [2.45, 2.75) is 141 Å². The van der Waals surface area contributed by atoms with Crippen molar-refractivity contribution >= 4 is 17.7 Å². The first-order valence-corrected chi connectivity index (χ1v) is 23.2. The fourth-order valence-corrected chi connectivity index (χ4v) is 6.18.